The van der Waals surface area contributed by atoms with E-state index in [2.05, 4.69) is 15.9 Å². The first-order valence-electron chi connectivity index (χ1n) is 6.68. The summed E-state index contributed by atoms with van der Waals surface area (Å²) in [5.74, 6) is 0. The van der Waals surface area contributed by atoms with Crippen LogP contribution >= 0.6 is 15.9 Å². The van der Waals surface area contributed by atoms with E-state index in [0.29, 0.717) is 6.10 Å². The molecule has 2 nitrogen and oxygen atoms in total. The van der Waals surface area contributed by atoms with E-state index in [1.807, 2.05) is 31.2 Å². The van der Waals surface area contributed by atoms with Crippen molar-refractivity contribution in [3.8, 4) is 0 Å². The molecule has 3 heteroatoms. The lowest BCUT2D eigenvalue weighted by Gasteiger charge is -2.24. The van der Waals surface area contributed by atoms with Crippen molar-refractivity contribution < 1.29 is 9.84 Å². The number of benzene rings is 1. The van der Waals surface area contributed by atoms with E-state index in [1.165, 1.54) is 12.8 Å². The predicted octanol–water partition coefficient (Wildman–Crippen LogP) is 4.01. The van der Waals surface area contributed by atoms with E-state index < -0.39 is 5.60 Å². The second-order valence-electron chi connectivity index (χ2n) is 5.31. The molecular formula is C15H21BrO2. The zero-order valence-electron chi connectivity index (χ0n) is 10.9. The van der Waals surface area contributed by atoms with Gasteiger partial charge in [0, 0.05) is 11.1 Å². The molecule has 2 atom stereocenters. The predicted molar refractivity (Wildman–Crippen MR) is 76.5 cm³/mol. The van der Waals surface area contributed by atoms with Crippen molar-refractivity contribution in [1.29, 1.82) is 0 Å². The molecule has 0 saturated carbocycles. The molecule has 2 unspecified atom stereocenters. The fourth-order valence-electron chi connectivity index (χ4n) is 2.50. The molecule has 1 aliphatic heterocycles. The highest BCUT2D eigenvalue weighted by Crippen LogP contribution is 2.29. The van der Waals surface area contributed by atoms with E-state index in [9.17, 15) is 5.11 Å². The van der Waals surface area contributed by atoms with E-state index >= 15 is 0 Å². The molecule has 18 heavy (non-hydrogen) atoms. The molecule has 1 heterocycles. The summed E-state index contributed by atoms with van der Waals surface area (Å²) in [5.41, 5.74) is 0.247. The van der Waals surface area contributed by atoms with Crippen LogP contribution < -0.4 is 0 Å². The summed E-state index contributed by atoms with van der Waals surface area (Å²) < 4.78 is 6.64. The van der Waals surface area contributed by atoms with Crippen molar-refractivity contribution in [3.63, 3.8) is 0 Å². The fourth-order valence-corrected chi connectivity index (χ4v) is 2.76. The van der Waals surface area contributed by atoms with Gasteiger partial charge in [-0.15, -0.1) is 0 Å². The maximum absolute atomic E-state index is 10.5. The van der Waals surface area contributed by atoms with Crippen LogP contribution in [0, 0.1) is 0 Å². The van der Waals surface area contributed by atoms with Gasteiger partial charge >= 0.3 is 0 Å². The largest absolute Gasteiger partial charge is 0.385 e. The number of hydrogen-bond acceptors (Lipinski definition) is 2. The second kappa shape index (κ2) is 6.18. The Morgan fingerprint density at radius 2 is 2.11 bits per heavy atom. The minimum absolute atomic E-state index is 0.422. The van der Waals surface area contributed by atoms with Gasteiger partial charge in [0.05, 0.1) is 11.7 Å². The number of rotatable bonds is 5. The Morgan fingerprint density at radius 3 is 2.72 bits per heavy atom. The van der Waals surface area contributed by atoms with Crippen LogP contribution in [0.4, 0.5) is 0 Å². The molecule has 0 aromatic heterocycles. The highest BCUT2D eigenvalue weighted by molar-refractivity contribution is 9.10. The van der Waals surface area contributed by atoms with E-state index in [1.54, 1.807) is 0 Å². The van der Waals surface area contributed by atoms with Gasteiger partial charge in [0.25, 0.3) is 0 Å². The summed E-state index contributed by atoms with van der Waals surface area (Å²) in [6.07, 6.45) is 5.65. The monoisotopic (exact) mass is 312 g/mol. The molecule has 0 bridgehead atoms. The smallest absolute Gasteiger partial charge is 0.0868 e. The Morgan fingerprint density at radius 1 is 1.39 bits per heavy atom. The molecule has 100 valence electrons. The average molecular weight is 313 g/mol. The minimum atomic E-state index is -0.737. The molecule has 1 fully saturated rings. The van der Waals surface area contributed by atoms with Crippen molar-refractivity contribution >= 4 is 15.9 Å². The second-order valence-corrected chi connectivity index (χ2v) is 6.22. The van der Waals surface area contributed by atoms with Gasteiger partial charge in [0.15, 0.2) is 0 Å². The Balaban J connectivity index is 1.84. The van der Waals surface area contributed by atoms with Gasteiger partial charge < -0.3 is 9.84 Å². The minimum Gasteiger partial charge on any atom is -0.385 e. The van der Waals surface area contributed by atoms with Gasteiger partial charge in [-0.25, -0.2) is 0 Å². The van der Waals surface area contributed by atoms with Gasteiger partial charge in [0.2, 0.25) is 0 Å². The molecule has 1 saturated heterocycles. The summed E-state index contributed by atoms with van der Waals surface area (Å²) in [6.45, 7) is 2.81. The summed E-state index contributed by atoms with van der Waals surface area (Å²) in [7, 11) is 0. The van der Waals surface area contributed by atoms with Crippen LogP contribution in [-0.2, 0) is 10.3 Å². The highest BCUT2D eigenvalue weighted by Gasteiger charge is 2.23. The normalized spacial score (nSPS) is 22.9. The zero-order valence-corrected chi connectivity index (χ0v) is 12.4. The standard InChI is InChI=1S/C15H21BrO2/c1-15(17,12-6-8-13(16)9-7-12)10-2-4-14-5-3-11-18-14/h6-9,14,17H,2-5,10-11H2,1H3. The zero-order chi connectivity index (χ0) is 13.0. The first-order chi connectivity index (χ1) is 8.58. The SMILES string of the molecule is CC(O)(CCCC1CCCO1)c1ccc(Br)cc1. The molecule has 1 aromatic carbocycles. The van der Waals surface area contributed by atoms with Gasteiger partial charge in [-0.3, -0.25) is 0 Å². The summed E-state index contributed by atoms with van der Waals surface area (Å²) >= 11 is 3.41. The van der Waals surface area contributed by atoms with E-state index in [-0.39, 0.29) is 0 Å². The molecule has 0 amide bonds. The number of halogens is 1. The van der Waals surface area contributed by atoms with Gasteiger partial charge in [-0.2, -0.15) is 0 Å². The number of ether oxygens (including phenoxy) is 1. The topological polar surface area (TPSA) is 29.5 Å². The van der Waals surface area contributed by atoms with E-state index in [0.717, 1.165) is 35.9 Å². The summed E-state index contributed by atoms with van der Waals surface area (Å²) in [5, 5.41) is 10.5. The summed E-state index contributed by atoms with van der Waals surface area (Å²) in [4.78, 5) is 0. The van der Waals surface area contributed by atoms with Gasteiger partial charge in [-0.05, 0) is 56.7 Å². The van der Waals surface area contributed by atoms with Crippen molar-refractivity contribution in [2.45, 2.75) is 50.7 Å². The van der Waals surface area contributed by atoms with E-state index in [4.69, 9.17) is 4.74 Å². The Labute approximate surface area is 117 Å². The van der Waals surface area contributed by atoms with Crippen molar-refractivity contribution in [2.24, 2.45) is 0 Å². The lowest BCUT2D eigenvalue weighted by atomic mass is 9.90. The van der Waals surface area contributed by atoms with Crippen LogP contribution in [0.15, 0.2) is 28.7 Å². The maximum Gasteiger partial charge on any atom is 0.0868 e. The first-order valence-corrected chi connectivity index (χ1v) is 7.47. The lowest BCUT2D eigenvalue weighted by molar-refractivity contribution is 0.0372. The lowest BCUT2D eigenvalue weighted by Crippen LogP contribution is -2.21. The first kappa shape index (κ1) is 14.0. The quantitative estimate of drug-likeness (QED) is 0.890. The molecule has 0 radical (unpaired) electrons. The maximum atomic E-state index is 10.5. The third kappa shape index (κ3) is 3.81. The molecule has 1 N–H and O–H groups in total. The van der Waals surface area contributed by atoms with Gasteiger partial charge in [-0.1, -0.05) is 28.1 Å². The average Bonchev–Trinajstić information content (AvgIpc) is 2.82. The van der Waals surface area contributed by atoms with Gasteiger partial charge in [0.1, 0.15) is 0 Å². The van der Waals surface area contributed by atoms with Crippen molar-refractivity contribution in [3.05, 3.63) is 34.3 Å². The molecule has 1 aromatic rings. The Kier molecular flexibility index (Phi) is 4.82. The van der Waals surface area contributed by atoms with Crippen molar-refractivity contribution in [2.75, 3.05) is 6.61 Å². The molecule has 0 aliphatic carbocycles. The highest BCUT2D eigenvalue weighted by atomic mass is 79.9. The van der Waals surface area contributed by atoms with Crippen LogP contribution in [-0.4, -0.2) is 17.8 Å². The molecule has 0 spiro atoms. The molecule has 1 aliphatic rings. The summed E-state index contributed by atoms with van der Waals surface area (Å²) in [6, 6.07) is 7.92. The van der Waals surface area contributed by atoms with Crippen LogP contribution in [0.1, 0.15) is 44.6 Å². The van der Waals surface area contributed by atoms with Crippen LogP contribution in [0.2, 0.25) is 0 Å². The number of hydrogen-bond donors (Lipinski definition) is 1. The van der Waals surface area contributed by atoms with Crippen LogP contribution in [0.5, 0.6) is 0 Å². The third-order valence-corrected chi connectivity index (χ3v) is 4.21. The van der Waals surface area contributed by atoms with Crippen LogP contribution in [0.3, 0.4) is 0 Å². The Bertz CT molecular complexity index is 367. The van der Waals surface area contributed by atoms with Crippen LogP contribution in [0.25, 0.3) is 0 Å². The molecular weight excluding hydrogens is 292 g/mol. The third-order valence-electron chi connectivity index (χ3n) is 3.68. The van der Waals surface area contributed by atoms with Crippen molar-refractivity contribution in [1.82, 2.24) is 0 Å². The Hall–Kier alpha value is -0.380. The molecule has 2 rings (SSSR count). The number of aliphatic hydroxyl groups is 1. The fraction of sp³-hybridized carbons (Fsp3) is 0.600.